The summed E-state index contributed by atoms with van der Waals surface area (Å²) in [6.07, 6.45) is 3.09. The van der Waals surface area contributed by atoms with Gasteiger partial charge in [0.1, 0.15) is 16.4 Å². The first-order valence-corrected chi connectivity index (χ1v) is 13.2. The van der Waals surface area contributed by atoms with Gasteiger partial charge in [-0.2, -0.15) is 0 Å². The summed E-state index contributed by atoms with van der Waals surface area (Å²) in [5, 5.41) is 10.8. The van der Waals surface area contributed by atoms with Gasteiger partial charge in [0.25, 0.3) is 0 Å². The van der Waals surface area contributed by atoms with E-state index in [1.807, 2.05) is 42.5 Å². The Kier molecular flexibility index (Phi) is 6.89. The third kappa shape index (κ3) is 5.12. The van der Waals surface area contributed by atoms with Crippen molar-refractivity contribution < 1.29 is 14.6 Å². The molecule has 0 bridgehead atoms. The molecule has 1 N–H and O–H groups in total. The summed E-state index contributed by atoms with van der Waals surface area (Å²) in [4.78, 5) is 16.7. The van der Waals surface area contributed by atoms with Crippen LogP contribution < -0.4 is 4.74 Å². The lowest BCUT2D eigenvalue weighted by Gasteiger charge is -2.15. The van der Waals surface area contributed by atoms with Gasteiger partial charge in [-0.1, -0.05) is 50.2 Å². The summed E-state index contributed by atoms with van der Waals surface area (Å²) >= 11 is 1.36. The fourth-order valence-electron chi connectivity index (χ4n) is 4.84. The molecule has 1 aliphatic heterocycles. The number of thiophene rings is 1. The highest BCUT2D eigenvalue weighted by Gasteiger charge is 2.24. The maximum absolute atomic E-state index is 13.6. The van der Waals surface area contributed by atoms with Crippen molar-refractivity contribution in [3.63, 3.8) is 0 Å². The minimum absolute atomic E-state index is 0.0467. The van der Waals surface area contributed by atoms with E-state index in [2.05, 4.69) is 30.9 Å². The number of phenols is 1. The highest BCUT2D eigenvalue weighted by atomic mass is 32.1. The molecule has 4 aromatic rings. The standard InChI is InChI=1S/C30H31NO3S/c1-3-22-6-4-5-7-25(22)28(33)30-29(26-13-10-23(32)18-27(26)35-30)34-24-11-8-21(9-12-24)15-17-31-16-14-20(2)19-31/h4-13,18,20,32H,3,14-17,19H2,1-2H3/t20-/m1/s1. The number of rotatable bonds is 8. The molecular formula is C30H31NO3S. The Balaban J connectivity index is 1.42. The molecule has 4 nitrogen and oxygen atoms in total. The predicted molar refractivity (Wildman–Crippen MR) is 143 cm³/mol. The second kappa shape index (κ2) is 10.2. The minimum Gasteiger partial charge on any atom is -0.508 e. The van der Waals surface area contributed by atoms with E-state index in [-0.39, 0.29) is 11.5 Å². The molecule has 5 rings (SSSR count). The Labute approximate surface area is 210 Å². The van der Waals surface area contributed by atoms with Crippen molar-refractivity contribution in [1.82, 2.24) is 4.90 Å². The topological polar surface area (TPSA) is 49.8 Å². The number of hydrogen-bond donors (Lipinski definition) is 1. The molecular weight excluding hydrogens is 454 g/mol. The number of ketones is 1. The van der Waals surface area contributed by atoms with Crippen molar-refractivity contribution in [2.75, 3.05) is 19.6 Å². The molecule has 1 fully saturated rings. The molecule has 35 heavy (non-hydrogen) atoms. The van der Waals surface area contributed by atoms with Gasteiger partial charge in [0.15, 0.2) is 5.75 Å². The number of likely N-dealkylation sites (tertiary alicyclic amines) is 1. The Bertz CT molecular complexity index is 1340. The van der Waals surface area contributed by atoms with Gasteiger partial charge >= 0.3 is 0 Å². The number of fused-ring (bicyclic) bond motifs is 1. The Hall–Kier alpha value is -3.15. The lowest BCUT2D eigenvalue weighted by Crippen LogP contribution is -2.22. The zero-order valence-corrected chi connectivity index (χ0v) is 21.1. The van der Waals surface area contributed by atoms with Gasteiger partial charge in [0, 0.05) is 28.7 Å². The molecule has 2 heterocycles. The van der Waals surface area contributed by atoms with E-state index < -0.39 is 0 Å². The van der Waals surface area contributed by atoms with Crippen molar-refractivity contribution in [2.45, 2.75) is 33.1 Å². The number of phenolic OH excluding ortho intramolecular Hbond substituents is 1. The van der Waals surface area contributed by atoms with Crippen LogP contribution in [-0.4, -0.2) is 35.4 Å². The zero-order valence-electron chi connectivity index (χ0n) is 20.3. The third-order valence-electron chi connectivity index (χ3n) is 6.85. The van der Waals surface area contributed by atoms with Crippen LogP contribution in [0.4, 0.5) is 0 Å². The monoisotopic (exact) mass is 485 g/mol. The van der Waals surface area contributed by atoms with E-state index >= 15 is 0 Å². The fraction of sp³-hybridized carbons (Fsp3) is 0.300. The van der Waals surface area contributed by atoms with Crippen molar-refractivity contribution in [3.8, 4) is 17.2 Å². The van der Waals surface area contributed by atoms with Gasteiger partial charge < -0.3 is 14.7 Å². The predicted octanol–water partition coefficient (Wildman–Crippen LogP) is 7.08. The lowest BCUT2D eigenvalue weighted by atomic mass is 10.0. The number of carbonyl (C=O) groups excluding carboxylic acids is 1. The molecule has 1 atom stereocenters. The normalized spacial score (nSPS) is 16.1. The highest BCUT2D eigenvalue weighted by molar-refractivity contribution is 7.21. The van der Waals surface area contributed by atoms with Crippen molar-refractivity contribution in [1.29, 1.82) is 0 Å². The molecule has 1 saturated heterocycles. The van der Waals surface area contributed by atoms with E-state index in [0.29, 0.717) is 21.9 Å². The van der Waals surface area contributed by atoms with Gasteiger partial charge in [-0.05, 0) is 73.2 Å². The lowest BCUT2D eigenvalue weighted by molar-refractivity contribution is 0.104. The van der Waals surface area contributed by atoms with E-state index in [1.165, 1.54) is 36.4 Å². The molecule has 0 aliphatic carbocycles. The number of benzene rings is 3. The number of aromatic hydroxyl groups is 1. The smallest absolute Gasteiger partial charge is 0.207 e. The molecule has 5 heteroatoms. The van der Waals surface area contributed by atoms with Crippen molar-refractivity contribution in [2.24, 2.45) is 5.92 Å². The number of aryl methyl sites for hydroxylation is 1. The van der Waals surface area contributed by atoms with E-state index in [9.17, 15) is 9.90 Å². The zero-order chi connectivity index (χ0) is 24.4. The maximum Gasteiger partial charge on any atom is 0.207 e. The van der Waals surface area contributed by atoms with Crippen LogP contribution in [0.3, 0.4) is 0 Å². The van der Waals surface area contributed by atoms with Crippen LogP contribution in [0.25, 0.3) is 10.1 Å². The SMILES string of the molecule is CCc1ccccc1C(=O)c1sc2cc(O)ccc2c1Oc1ccc(CCN2CC[C@@H](C)C2)cc1. The van der Waals surface area contributed by atoms with E-state index in [4.69, 9.17) is 4.74 Å². The average molecular weight is 486 g/mol. The van der Waals surface area contributed by atoms with Crippen LogP contribution in [0.1, 0.15) is 46.6 Å². The summed E-state index contributed by atoms with van der Waals surface area (Å²) < 4.78 is 7.19. The molecule has 0 unspecified atom stereocenters. The minimum atomic E-state index is -0.0467. The van der Waals surface area contributed by atoms with E-state index in [0.717, 1.165) is 41.0 Å². The number of hydrogen-bond acceptors (Lipinski definition) is 5. The van der Waals surface area contributed by atoms with Gasteiger partial charge in [0.05, 0.1) is 0 Å². The quantitative estimate of drug-likeness (QED) is 0.271. The second-order valence-corrected chi connectivity index (χ2v) is 10.5. The molecule has 0 radical (unpaired) electrons. The molecule has 0 amide bonds. The van der Waals surface area contributed by atoms with Crippen molar-refractivity contribution >= 4 is 27.2 Å². The van der Waals surface area contributed by atoms with Gasteiger partial charge in [-0.25, -0.2) is 0 Å². The van der Waals surface area contributed by atoms with Crippen LogP contribution in [0.5, 0.6) is 17.2 Å². The summed E-state index contributed by atoms with van der Waals surface area (Å²) in [6.45, 7) is 7.85. The van der Waals surface area contributed by atoms with Crippen LogP contribution in [0.2, 0.25) is 0 Å². The summed E-state index contributed by atoms with van der Waals surface area (Å²) in [7, 11) is 0. The van der Waals surface area contributed by atoms with Crippen LogP contribution in [0, 0.1) is 5.92 Å². The molecule has 1 aromatic heterocycles. The summed E-state index contributed by atoms with van der Waals surface area (Å²) in [5.74, 6) is 2.19. The molecule has 0 spiro atoms. The first kappa shape index (κ1) is 23.6. The van der Waals surface area contributed by atoms with Crippen LogP contribution in [0.15, 0.2) is 66.7 Å². The Morgan fingerprint density at radius 3 is 2.66 bits per heavy atom. The first-order chi connectivity index (χ1) is 17.0. The first-order valence-electron chi connectivity index (χ1n) is 12.4. The van der Waals surface area contributed by atoms with Gasteiger partial charge in [-0.3, -0.25) is 4.79 Å². The highest BCUT2D eigenvalue weighted by Crippen LogP contribution is 2.43. The average Bonchev–Trinajstić information content (AvgIpc) is 3.45. The largest absolute Gasteiger partial charge is 0.508 e. The third-order valence-corrected chi connectivity index (χ3v) is 7.98. The van der Waals surface area contributed by atoms with Crippen molar-refractivity contribution in [3.05, 3.63) is 88.3 Å². The number of nitrogens with zero attached hydrogens (tertiary/aromatic N) is 1. The summed E-state index contributed by atoms with van der Waals surface area (Å²) in [6, 6.07) is 21.1. The fourth-order valence-corrected chi connectivity index (χ4v) is 5.96. The van der Waals surface area contributed by atoms with Gasteiger partial charge in [-0.15, -0.1) is 11.3 Å². The van der Waals surface area contributed by atoms with Gasteiger partial charge in [0.2, 0.25) is 5.78 Å². The van der Waals surface area contributed by atoms with E-state index in [1.54, 1.807) is 12.1 Å². The molecule has 1 aliphatic rings. The Morgan fingerprint density at radius 1 is 1.11 bits per heavy atom. The molecule has 0 saturated carbocycles. The number of carbonyl (C=O) groups is 1. The van der Waals surface area contributed by atoms with Crippen LogP contribution >= 0.6 is 11.3 Å². The Morgan fingerprint density at radius 2 is 1.91 bits per heavy atom. The van der Waals surface area contributed by atoms with Crippen LogP contribution in [-0.2, 0) is 12.8 Å². The summed E-state index contributed by atoms with van der Waals surface area (Å²) in [5.41, 5.74) is 2.99. The molecule has 3 aromatic carbocycles. The second-order valence-electron chi connectivity index (χ2n) is 9.47. The maximum atomic E-state index is 13.6. The molecule has 180 valence electrons. The number of ether oxygens (including phenoxy) is 1.